The molecule has 0 unspecified atom stereocenters. The fourth-order valence-electron chi connectivity index (χ4n) is 1.77. The van der Waals surface area contributed by atoms with Gasteiger partial charge in [0.2, 0.25) is 5.82 Å². The van der Waals surface area contributed by atoms with Crippen molar-refractivity contribution >= 4 is 44.8 Å². The van der Waals surface area contributed by atoms with E-state index in [2.05, 4.69) is 26.1 Å². The van der Waals surface area contributed by atoms with Crippen molar-refractivity contribution < 1.29 is 4.52 Å². The van der Waals surface area contributed by atoms with Crippen molar-refractivity contribution in [1.29, 1.82) is 0 Å². The first-order chi connectivity index (χ1) is 10.0. The Morgan fingerprint density at radius 3 is 2.48 bits per heavy atom. The predicted octanol–water partition coefficient (Wildman–Crippen LogP) is 5.06. The first-order valence-corrected chi connectivity index (χ1v) is 7.44. The molecule has 1 heterocycles. The van der Waals surface area contributed by atoms with Crippen LogP contribution in [0.3, 0.4) is 0 Å². The van der Waals surface area contributed by atoms with Crippen LogP contribution < -0.4 is 5.73 Å². The molecular weight excluding hydrogens is 377 g/mol. The number of nitrogens with zero attached hydrogens (tertiary/aromatic N) is 2. The van der Waals surface area contributed by atoms with E-state index in [-0.39, 0.29) is 0 Å². The summed E-state index contributed by atoms with van der Waals surface area (Å²) in [6, 6.07) is 10.6. The molecule has 0 saturated heterocycles. The topological polar surface area (TPSA) is 64.9 Å². The summed E-state index contributed by atoms with van der Waals surface area (Å²) in [6.45, 7) is 0. The van der Waals surface area contributed by atoms with Crippen LogP contribution in [0.1, 0.15) is 0 Å². The van der Waals surface area contributed by atoms with Crippen molar-refractivity contribution in [2.24, 2.45) is 0 Å². The maximum absolute atomic E-state index is 5.99. The first-order valence-electron chi connectivity index (χ1n) is 5.89. The lowest BCUT2D eigenvalue weighted by atomic mass is 10.2. The summed E-state index contributed by atoms with van der Waals surface area (Å²) in [5.74, 6) is 0.820. The van der Waals surface area contributed by atoms with E-state index in [1.165, 1.54) is 0 Å². The molecule has 0 aliphatic heterocycles. The average Bonchev–Trinajstić information content (AvgIpc) is 2.94. The Hall–Kier alpha value is -1.56. The average molecular weight is 385 g/mol. The molecule has 0 fully saturated rings. The first kappa shape index (κ1) is 14.4. The van der Waals surface area contributed by atoms with Gasteiger partial charge in [-0.2, -0.15) is 4.98 Å². The number of hydrogen-bond donors (Lipinski definition) is 1. The van der Waals surface area contributed by atoms with Gasteiger partial charge in [0.15, 0.2) is 0 Å². The molecule has 3 aromatic rings. The van der Waals surface area contributed by atoms with Crippen LogP contribution in [0.2, 0.25) is 10.0 Å². The van der Waals surface area contributed by atoms with Gasteiger partial charge in [-0.05, 0) is 52.3 Å². The molecule has 4 nitrogen and oxygen atoms in total. The normalized spacial score (nSPS) is 10.8. The molecule has 0 aliphatic carbocycles. The Morgan fingerprint density at radius 1 is 1.00 bits per heavy atom. The van der Waals surface area contributed by atoms with Gasteiger partial charge in [-0.15, -0.1) is 0 Å². The molecular formula is C14H8BrCl2N3O. The van der Waals surface area contributed by atoms with Gasteiger partial charge in [0.1, 0.15) is 0 Å². The van der Waals surface area contributed by atoms with E-state index in [0.717, 1.165) is 15.6 Å². The van der Waals surface area contributed by atoms with E-state index in [0.29, 0.717) is 27.4 Å². The standard InChI is InChI=1S/C14H8BrCl2N3O/c15-9-3-1-8(6-12(9)18)14-19-13(20-21-14)7-2-4-10(16)11(17)5-7/h1-6H,18H2. The van der Waals surface area contributed by atoms with Crippen molar-refractivity contribution in [3.8, 4) is 22.8 Å². The van der Waals surface area contributed by atoms with E-state index in [4.69, 9.17) is 33.5 Å². The summed E-state index contributed by atoms with van der Waals surface area (Å²) in [4.78, 5) is 4.34. The van der Waals surface area contributed by atoms with Crippen molar-refractivity contribution in [1.82, 2.24) is 10.1 Å². The number of halogens is 3. The lowest BCUT2D eigenvalue weighted by Gasteiger charge is -1.99. The number of hydrogen-bond acceptors (Lipinski definition) is 4. The zero-order chi connectivity index (χ0) is 15.0. The van der Waals surface area contributed by atoms with E-state index in [1.807, 2.05) is 12.1 Å². The highest BCUT2D eigenvalue weighted by Crippen LogP contribution is 2.30. The molecule has 1 aromatic heterocycles. The number of benzene rings is 2. The molecule has 0 amide bonds. The van der Waals surface area contributed by atoms with Crippen molar-refractivity contribution in [2.45, 2.75) is 0 Å². The number of aromatic nitrogens is 2. The second-order valence-electron chi connectivity index (χ2n) is 4.29. The maximum Gasteiger partial charge on any atom is 0.258 e. The molecule has 7 heteroatoms. The van der Waals surface area contributed by atoms with E-state index in [9.17, 15) is 0 Å². The van der Waals surface area contributed by atoms with Gasteiger partial charge in [-0.3, -0.25) is 0 Å². The minimum atomic E-state index is 0.385. The van der Waals surface area contributed by atoms with Crippen LogP contribution in [-0.4, -0.2) is 10.1 Å². The zero-order valence-electron chi connectivity index (χ0n) is 10.5. The smallest absolute Gasteiger partial charge is 0.258 e. The van der Waals surface area contributed by atoms with E-state index >= 15 is 0 Å². The van der Waals surface area contributed by atoms with Crippen LogP contribution >= 0.6 is 39.1 Å². The van der Waals surface area contributed by atoms with Crippen LogP contribution in [0, 0.1) is 0 Å². The second-order valence-corrected chi connectivity index (χ2v) is 5.96. The van der Waals surface area contributed by atoms with Gasteiger partial charge in [0, 0.05) is 21.3 Å². The zero-order valence-corrected chi connectivity index (χ0v) is 13.6. The van der Waals surface area contributed by atoms with Gasteiger partial charge in [0.05, 0.1) is 10.0 Å². The SMILES string of the molecule is Nc1cc(-c2nc(-c3ccc(Cl)c(Cl)c3)no2)ccc1Br. The third kappa shape index (κ3) is 2.90. The molecule has 0 atom stereocenters. The lowest BCUT2D eigenvalue weighted by Crippen LogP contribution is -1.87. The Morgan fingerprint density at radius 2 is 1.76 bits per heavy atom. The number of nitrogens with two attached hydrogens (primary N) is 1. The van der Waals surface area contributed by atoms with Gasteiger partial charge in [-0.25, -0.2) is 0 Å². The quantitative estimate of drug-likeness (QED) is 0.627. The molecule has 0 bridgehead atoms. The molecule has 106 valence electrons. The second kappa shape index (κ2) is 5.67. The minimum absolute atomic E-state index is 0.385. The summed E-state index contributed by atoms with van der Waals surface area (Å²) >= 11 is 15.2. The van der Waals surface area contributed by atoms with Gasteiger partial charge < -0.3 is 10.3 Å². The van der Waals surface area contributed by atoms with Crippen molar-refractivity contribution in [2.75, 3.05) is 5.73 Å². The summed E-state index contributed by atoms with van der Waals surface area (Å²) in [7, 11) is 0. The predicted molar refractivity (Wildman–Crippen MR) is 87.3 cm³/mol. The molecule has 0 spiro atoms. The summed E-state index contributed by atoms with van der Waals surface area (Å²) in [5.41, 5.74) is 7.91. The van der Waals surface area contributed by atoms with Gasteiger partial charge in [-0.1, -0.05) is 28.4 Å². The molecule has 3 rings (SSSR count). The highest BCUT2D eigenvalue weighted by atomic mass is 79.9. The molecule has 21 heavy (non-hydrogen) atoms. The minimum Gasteiger partial charge on any atom is -0.398 e. The number of nitrogen functional groups attached to an aromatic ring is 1. The third-order valence-corrected chi connectivity index (χ3v) is 4.31. The lowest BCUT2D eigenvalue weighted by molar-refractivity contribution is 0.432. The van der Waals surface area contributed by atoms with Gasteiger partial charge in [0.25, 0.3) is 5.89 Å². The van der Waals surface area contributed by atoms with E-state index in [1.54, 1.807) is 24.3 Å². The number of rotatable bonds is 2. The molecule has 2 aromatic carbocycles. The monoisotopic (exact) mass is 383 g/mol. The highest BCUT2D eigenvalue weighted by Gasteiger charge is 2.12. The molecule has 0 aliphatic rings. The summed E-state index contributed by atoms with van der Waals surface area (Å²) in [5, 5.41) is 4.86. The fourth-order valence-corrected chi connectivity index (χ4v) is 2.31. The Balaban J connectivity index is 1.99. The molecule has 0 saturated carbocycles. The summed E-state index contributed by atoms with van der Waals surface area (Å²) in [6.07, 6.45) is 0. The Bertz CT molecular complexity index is 754. The van der Waals surface area contributed by atoms with Crippen molar-refractivity contribution in [3.05, 3.63) is 50.9 Å². The number of anilines is 1. The summed E-state index contributed by atoms with van der Waals surface area (Å²) < 4.78 is 6.08. The van der Waals surface area contributed by atoms with Crippen molar-refractivity contribution in [3.63, 3.8) is 0 Å². The van der Waals surface area contributed by atoms with Crippen LogP contribution in [0.15, 0.2) is 45.4 Å². The molecule has 0 radical (unpaired) electrons. The van der Waals surface area contributed by atoms with Crippen LogP contribution in [-0.2, 0) is 0 Å². The largest absolute Gasteiger partial charge is 0.398 e. The maximum atomic E-state index is 5.99. The fraction of sp³-hybridized carbons (Fsp3) is 0. The van der Waals surface area contributed by atoms with Gasteiger partial charge >= 0.3 is 0 Å². The highest BCUT2D eigenvalue weighted by molar-refractivity contribution is 9.10. The Labute approximate surface area is 139 Å². The Kier molecular flexibility index (Phi) is 3.89. The van der Waals surface area contributed by atoms with Crippen LogP contribution in [0.5, 0.6) is 0 Å². The van der Waals surface area contributed by atoms with Crippen LogP contribution in [0.25, 0.3) is 22.8 Å². The third-order valence-electron chi connectivity index (χ3n) is 2.85. The van der Waals surface area contributed by atoms with Crippen LogP contribution in [0.4, 0.5) is 5.69 Å². The van der Waals surface area contributed by atoms with E-state index < -0.39 is 0 Å². The molecule has 2 N–H and O–H groups in total.